The Bertz CT molecular complexity index is 849. The maximum atomic E-state index is 13.7. The molecule has 0 aliphatic rings. The number of benzene rings is 2. The smallest absolute Gasteiger partial charge is 0.201 e. The monoisotopic (exact) mass is 309 g/mol. The van der Waals surface area contributed by atoms with Gasteiger partial charge in [0.1, 0.15) is 17.5 Å². The number of rotatable bonds is 2. The molecule has 0 aliphatic heterocycles. The first-order chi connectivity index (χ1) is 9.97. The Balaban J connectivity index is 2.18. The molecule has 106 valence electrons. The van der Waals surface area contributed by atoms with E-state index in [1.54, 1.807) is 18.2 Å². The van der Waals surface area contributed by atoms with Gasteiger partial charge in [-0.2, -0.15) is 0 Å². The van der Waals surface area contributed by atoms with Gasteiger partial charge in [0.25, 0.3) is 0 Å². The molecule has 0 fully saturated rings. The molecule has 6 heteroatoms. The van der Waals surface area contributed by atoms with Crippen LogP contribution in [-0.2, 0) is 0 Å². The lowest BCUT2D eigenvalue weighted by atomic mass is 10.0. The lowest BCUT2D eigenvalue weighted by molar-refractivity contribution is 0.103. The molecule has 1 N–H and O–H groups in total. The van der Waals surface area contributed by atoms with Gasteiger partial charge < -0.3 is 4.98 Å². The van der Waals surface area contributed by atoms with Crippen LogP contribution in [0.1, 0.15) is 15.9 Å². The van der Waals surface area contributed by atoms with Crippen LogP contribution in [0.15, 0.2) is 36.5 Å². The van der Waals surface area contributed by atoms with Crippen molar-refractivity contribution >= 4 is 28.3 Å². The van der Waals surface area contributed by atoms with Crippen molar-refractivity contribution in [1.29, 1.82) is 0 Å². The molecule has 0 bridgehead atoms. The molecule has 3 rings (SSSR count). The first kappa shape index (κ1) is 13.7. The maximum Gasteiger partial charge on any atom is 0.201 e. The number of ketones is 1. The highest BCUT2D eigenvalue weighted by Gasteiger charge is 2.22. The highest BCUT2D eigenvalue weighted by atomic mass is 35.5. The summed E-state index contributed by atoms with van der Waals surface area (Å²) < 4.78 is 40.3. The van der Waals surface area contributed by atoms with Gasteiger partial charge in [-0.05, 0) is 12.1 Å². The zero-order chi connectivity index (χ0) is 15.1. The number of H-pyrrole nitrogens is 1. The average Bonchev–Trinajstić information content (AvgIpc) is 2.80. The van der Waals surface area contributed by atoms with Gasteiger partial charge in [0.2, 0.25) is 5.78 Å². The first-order valence-electron chi connectivity index (χ1n) is 5.93. The molecule has 0 amide bonds. The van der Waals surface area contributed by atoms with Gasteiger partial charge in [0.15, 0.2) is 0 Å². The minimum Gasteiger partial charge on any atom is -0.360 e. The summed E-state index contributed by atoms with van der Waals surface area (Å²) in [6, 6.07) is 5.67. The Morgan fingerprint density at radius 3 is 2.38 bits per heavy atom. The third-order valence-corrected chi connectivity index (χ3v) is 3.36. The molecule has 0 aliphatic carbocycles. The van der Waals surface area contributed by atoms with Crippen molar-refractivity contribution in [3.63, 3.8) is 0 Å². The number of aromatic amines is 1. The van der Waals surface area contributed by atoms with E-state index in [-0.39, 0.29) is 5.56 Å². The van der Waals surface area contributed by atoms with Crippen LogP contribution in [0.3, 0.4) is 0 Å². The van der Waals surface area contributed by atoms with E-state index >= 15 is 0 Å². The Kier molecular flexibility index (Phi) is 3.22. The SMILES string of the molecule is O=C(c1c(F)cc(F)cc1F)c1c[nH]c2cc(Cl)ccc12. The van der Waals surface area contributed by atoms with Crippen LogP contribution in [0.2, 0.25) is 5.02 Å². The van der Waals surface area contributed by atoms with E-state index in [1.165, 1.54) is 6.20 Å². The molecule has 2 nitrogen and oxygen atoms in total. The molecule has 0 unspecified atom stereocenters. The van der Waals surface area contributed by atoms with Crippen LogP contribution in [0, 0.1) is 17.5 Å². The lowest BCUT2D eigenvalue weighted by Crippen LogP contribution is -2.07. The number of carbonyl (C=O) groups is 1. The normalized spacial score (nSPS) is 11.0. The molecule has 21 heavy (non-hydrogen) atoms. The average molecular weight is 310 g/mol. The van der Waals surface area contributed by atoms with Gasteiger partial charge in [-0.1, -0.05) is 17.7 Å². The Morgan fingerprint density at radius 1 is 1.05 bits per heavy atom. The molecular formula is C15H7ClF3NO. The molecule has 3 aromatic rings. The number of carbonyl (C=O) groups excluding carboxylic acids is 1. The van der Waals surface area contributed by atoms with E-state index in [1.807, 2.05) is 0 Å². The number of hydrogen-bond donors (Lipinski definition) is 1. The lowest BCUT2D eigenvalue weighted by Gasteiger charge is -2.04. The van der Waals surface area contributed by atoms with Crippen molar-refractivity contribution in [3.05, 3.63) is 70.1 Å². The number of nitrogens with one attached hydrogen (secondary N) is 1. The van der Waals surface area contributed by atoms with Crippen molar-refractivity contribution in [2.75, 3.05) is 0 Å². The second-order valence-electron chi connectivity index (χ2n) is 4.47. The number of aromatic nitrogens is 1. The Hall–Kier alpha value is -2.27. The van der Waals surface area contributed by atoms with Crippen molar-refractivity contribution < 1.29 is 18.0 Å². The van der Waals surface area contributed by atoms with Gasteiger partial charge in [-0.15, -0.1) is 0 Å². The summed E-state index contributed by atoms with van der Waals surface area (Å²) in [6.45, 7) is 0. The third-order valence-electron chi connectivity index (χ3n) is 3.12. The highest BCUT2D eigenvalue weighted by Crippen LogP contribution is 2.26. The predicted octanol–water partition coefficient (Wildman–Crippen LogP) is 4.47. The van der Waals surface area contributed by atoms with E-state index in [9.17, 15) is 18.0 Å². The zero-order valence-corrected chi connectivity index (χ0v) is 11.1. The molecule has 2 aromatic carbocycles. The molecule has 1 heterocycles. The summed E-state index contributed by atoms with van der Waals surface area (Å²) >= 11 is 5.83. The van der Waals surface area contributed by atoms with E-state index in [2.05, 4.69) is 4.98 Å². The van der Waals surface area contributed by atoms with E-state index in [4.69, 9.17) is 11.6 Å². The zero-order valence-electron chi connectivity index (χ0n) is 10.4. The minimum atomic E-state index is -1.24. The molecule has 0 saturated carbocycles. The number of halogens is 4. The highest BCUT2D eigenvalue weighted by molar-refractivity contribution is 6.31. The van der Waals surface area contributed by atoms with Crippen LogP contribution in [0.25, 0.3) is 10.9 Å². The summed E-state index contributed by atoms with van der Waals surface area (Å²) in [5.41, 5.74) is -0.132. The summed E-state index contributed by atoms with van der Waals surface area (Å²) in [6.07, 6.45) is 1.34. The minimum absolute atomic E-state index is 0.0890. The maximum absolute atomic E-state index is 13.7. The molecule has 1 aromatic heterocycles. The van der Waals surface area contributed by atoms with Crippen molar-refractivity contribution in [2.24, 2.45) is 0 Å². The third kappa shape index (κ3) is 2.29. The van der Waals surface area contributed by atoms with Crippen molar-refractivity contribution in [2.45, 2.75) is 0 Å². The standard InChI is InChI=1S/C15H7ClF3NO/c16-7-1-2-9-10(6-20-13(9)3-7)15(21)14-11(18)4-8(17)5-12(14)19/h1-6,20H. The Morgan fingerprint density at radius 2 is 1.71 bits per heavy atom. The fraction of sp³-hybridized carbons (Fsp3) is 0. The molecule has 0 radical (unpaired) electrons. The van der Waals surface area contributed by atoms with Crippen LogP contribution in [0.4, 0.5) is 13.2 Å². The fourth-order valence-corrected chi connectivity index (χ4v) is 2.35. The van der Waals surface area contributed by atoms with Gasteiger partial charge in [0, 0.05) is 39.8 Å². The predicted molar refractivity (Wildman–Crippen MR) is 73.1 cm³/mol. The van der Waals surface area contributed by atoms with Crippen LogP contribution in [0.5, 0.6) is 0 Å². The van der Waals surface area contributed by atoms with Gasteiger partial charge in [-0.25, -0.2) is 13.2 Å². The molecule has 0 saturated heterocycles. The van der Waals surface area contributed by atoms with Crippen LogP contribution < -0.4 is 0 Å². The number of fused-ring (bicyclic) bond motifs is 1. The summed E-state index contributed by atoms with van der Waals surface area (Å²) in [7, 11) is 0. The van der Waals surface area contributed by atoms with Crippen LogP contribution >= 0.6 is 11.6 Å². The van der Waals surface area contributed by atoms with E-state index in [0.29, 0.717) is 28.1 Å². The van der Waals surface area contributed by atoms with Crippen molar-refractivity contribution in [3.8, 4) is 0 Å². The molecule has 0 spiro atoms. The Labute approximate surface area is 122 Å². The second kappa shape index (κ2) is 4.93. The summed E-state index contributed by atoms with van der Waals surface area (Å²) in [5, 5.41) is 0.940. The van der Waals surface area contributed by atoms with E-state index < -0.39 is 28.8 Å². The topological polar surface area (TPSA) is 32.9 Å². The second-order valence-corrected chi connectivity index (χ2v) is 4.90. The van der Waals surface area contributed by atoms with Crippen molar-refractivity contribution in [1.82, 2.24) is 4.98 Å². The molecular weight excluding hydrogens is 303 g/mol. The van der Waals surface area contributed by atoms with E-state index in [0.717, 1.165) is 0 Å². The van der Waals surface area contributed by atoms with Gasteiger partial charge >= 0.3 is 0 Å². The number of hydrogen-bond acceptors (Lipinski definition) is 1. The van der Waals surface area contributed by atoms with Gasteiger partial charge in [-0.3, -0.25) is 4.79 Å². The summed E-state index contributed by atoms with van der Waals surface area (Å²) in [5.74, 6) is -4.41. The molecule has 0 atom stereocenters. The largest absolute Gasteiger partial charge is 0.360 e. The summed E-state index contributed by atoms with van der Waals surface area (Å²) in [4.78, 5) is 15.1. The van der Waals surface area contributed by atoms with Gasteiger partial charge in [0.05, 0.1) is 5.56 Å². The van der Waals surface area contributed by atoms with Crippen LogP contribution in [-0.4, -0.2) is 10.8 Å². The first-order valence-corrected chi connectivity index (χ1v) is 6.31. The quantitative estimate of drug-likeness (QED) is 0.696. The fourth-order valence-electron chi connectivity index (χ4n) is 2.18.